The van der Waals surface area contributed by atoms with Gasteiger partial charge >= 0.3 is 0 Å². The number of fused-ring (bicyclic) bond motifs is 1. The van der Waals surface area contributed by atoms with Crippen molar-refractivity contribution in [1.82, 2.24) is 0 Å². The molecule has 0 atom stereocenters. The van der Waals surface area contributed by atoms with Gasteiger partial charge in [0.25, 0.3) is 0 Å². The van der Waals surface area contributed by atoms with Crippen LogP contribution in [0.5, 0.6) is 5.75 Å². The Morgan fingerprint density at radius 1 is 1.33 bits per heavy atom. The molecule has 0 spiro atoms. The summed E-state index contributed by atoms with van der Waals surface area (Å²) in [6, 6.07) is 6.17. The van der Waals surface area contributed by atoms with Gasteiger partial charge in [-0.2, -0.15) is 0 Å². The predicted molar refractivity (Wildman–Crippen MR) is 49.5 cm³/mol. The molecule has 0 saturated carbocycles. The number of nitrogens with one attached hydrogen (secondary N) is 1. The van der Waals surface area contributed by atoms with Crippen LogP contribution in [0.15, 0.2) is 18.2 Å². The minimum atomic E-state index is -0.254. The summed E-state index contributed by atoms with van der Waals surface area (Å²) in [5.41, 5.74) is 2.10. The van der Waals surface area contributed by atoms with Crippen LogP contribution >= 0.6 is 0 Å². The van der Waals surface area contributed by atoms with E-state index in [1.165, 1.54) is 5.56 Å². The summed E-state index contributed by atoms with van der Waals surface area (Å²) in [4.78, 5) is 0. The molecule has 64 valence electrons. The molecular weight excluding hydrogens is 150 g/mol. The van der Waals surface area contributed by atoms with E-state index in [4.69, 9.17) is 4.74 Å². The third-order valence-corrected chi connectivity index (χ3v) is 1.94. The molecule has 1 aliphatic rings. The highest BCUT2D eigenvalue weighted by Gasteiger charge is 2.28. The lowest BCUT2D eigenvalue weighted by Gasteiger charge is -2.17. The number of ether oxygens (including phenoxy) is 1. The van der Waals surface area contributed by atoms with Crippen molar-refractivity contribution in [3.63, 3.8) is 0 Å². The number of benzene rings is 1. The average Bonchev–Trinajstić information content (AvgIpc) is 2.21. The van der Waals surface area contributed by atoms with Gasteiger partial charge < -0.3 is 10.1 Å². The van der Waals surface area contributed by atoms with Crippen LogP contribution in [0.3, 0.4) is 0 Å². The summed E-state index contributed by atoms with van der Waals surface area (Å²) in [5, 5.41) is 3.29. The molecule has 2 nitrogen and oxygen atoms in total. The van der Waals surface area contributed by atoms with Gasteiger partial charge in [-0.3, -0.25) is 0 Å². The first-order valence-electron chi connectivity index (χ1n) is 4.15. The molecule has 12 heavy (non-hydrogen) atoms. The molecule has 1 aromatic rings. The smallest absolute Gasteiger partial charge is 0.175 e. The van der Waals surface area contributed by atoms with E-state index in [-0.39, 0.29) is 5.72 Å². The van der Waals surface area contributed by atoms with Crippen molar-refractivity contribution >= 4 is 5.69 Å². The van der Waals surface area contributed by atoms with Crippen molar-refractivity contribution < 1.29 is 4.74 Å². The zero-order valence-electron chi connectivity index (χ0n) is 7.64. The molecule has 0 aromatic heterocycles. The van der Waals surface area contributed by atoms with E-state index in [1.807, 2.05) is 19.9 Å². The highest BCUT2D eigenvalue weighted by Crippen LogP contribution is 2.36. The van der Waals surface area contributed by atoms with Gasteiger partial charge in [-0.05, 0) is 38.5 Å². The van der Waals surface area contributed by atoms with Crippen LogP contribution in [0.4, 0.5) is 5.69 Å². The van der Waals surface area contributed by atoms with E-state index in [0.717, 1.165) is 11.4 Å². The quantitative estimate of drug-likeness (QED) is 0.634. The molecular formula is C10H13NO. The van der Waals surface area contributed by atoms with E-state index < -0.39 is 0 Å². The molecule has 1 aromatic carbocycles. The Kier molecular flexibility index (Phi) is 1.34. The van der Waals surface area contributed by atoms with Crippen LogP contribution in [0, 0.1) is 6.92 Å². The number of aryl methyl sites for hydroxylation is 1. The second-order valence-corrected chi connectivity index (χ2v) is 3.74. The molecule has 0 radical (unpaired) electrons. The largest absolute Gasteiger partial charge is 0.467 e. The van der Waals surface area contributed by atoms with Crippen LogP contribution in [-0.4, -0.2) is 5.72 Å². The Balaban J connectivity index is 2.43. The molecule has 1 N–H and O–H groups in total. The lowest BCUT2D eigenvalue weighted by molar-refractivity contribution is 0.162. The third-order valence-electron chi connectivity index (χ3n) is 1.94. The third kappa shape index (κ3) is 1.13. The lowest BCUT2D eigenvalue weighted by atomic mass is 10.2. The average molecular weight is 163 g/mol. The van der Waals surface area contributed by atoms with Crippen molar-refractivity contribution in [3.8, 4) is 5.75 Å². The van der Waals surface area contributed by atoms with Gasteiger partial charge in [0.2, 0.25) is 0 Å². The van der Waals surface area contributed by atoms with Crippen molar-refractivity contribution in [2.24, 2.45) is 0 Å². The monoisotopic (exact) mass is 163 g/mol. The zero-order chi connectivity index (χ0) is 8.77. The molecule has 2 rings (SSSR count). The number of hydrogen-bond donors (Lipinski definition) is 1. The van der Waals surface area contributed by atoms with Gasteiger partial charge in [-0.25, -0.2) is 0 Å². The Bertz CT molecular complexity index is 318. The second-order valence-electron chi connectivity index (χ2n) is 3.74. The topological polar surface area (TPSA) is 21.3 Å². The van der Waals surface area contributed by atoms with E-state index in [9.17, 15) is 0 Å². The van der Waals surface area contributed by atoms with Gasteiger partial charge in [0.1, 0.15) is 5.75 Å². The van der Waals surface area contributed by atoms with E-state index in [1.54, 1.807) is 0 Å². The van der Waals surface area contributed by atoms with Crippen LogP contribution in [-0.2, 0) is 0 Å². The fourth-order valence-electron chi connectivity index (χ4n) is 1.46. The number of rotatable bonds is 0. The Morgan fingerprint density at radius 2 is 2.08 bits per heavy atom. The molecule has 1 heterocycles. The SMILES string of the molecule is Cc1ccc2c(c1)NC(C)(C)O2. The van der Waals surface area contributed by atoms with E-state index >= 15 is 0 Å². The minimum Gasteiger partial charge on any atom is -0.467 e. The molecule has 0 unspecified atom stereocenters. The highest BCUT2D eigenvalue weighted by molar-refractivity contribution is 5.62. The van der Waals surface area contributed by atoms with Crippen LogP contribution in [0.2, 0.25) is 0 Å². The van der Waals surface area contributed by atoms with Crippen molar-refractivity contribution in [2.45, 2.75) is 26.5 Å². The standard InChI is InChI=1S/C10H13NO/c1-7-4-5-9-8(6-7)11-10(2,3)12-9/h4-6,11H,1-3H3. The summed E-state index contributed by atoms with van der Waals surface area (Å²) in [7, 11) is 0. The summed E-state index contributed by atoms with van der Waals surface area (Å²) >= 11 is 0. The van der Waals surface area contributed by atoms with E-state index in [0.29, 0.717) is 0 Å². The van der Waals surface area contributed by atoms with Gasteiger partial charge in [0, 0.05) is 0 Å². The summed E-state index contributed by atoms with van der Waals surface area (Å²) in [5.74, 6) is 0.950. The highest BCUT2D eigenvalue weighted by atomic mass is 16.5. The Hall–Kier alpha value is -1.18. The molecule has 0 bridgehead atoms. The normalized spacial score (nSPS) is 17.9. The molecule has 0 aliphatic carbocycles. The van der Waals surface area contributed by atoms with Gasteiger partial charge in [-0.15, -0.1) is 0 Å². The molecule has 1 aliphatic heterocycles. The zero-order valence-corrected chi connectivity index (χ0v) is 7.64. The van der Waals surface area contributed by atoms with Crippen LogP contribution in [0.25, 0.3) is 0 Å². The molecule has 0 amide bonds. The maximum absolute atomic E-state index is 5.64. The maximum Gasteiger partial charge on any atom is 0.175 e. The summed E-state index contributed by atoms with van der Waals surface area (Å²) in [6.45, 7) is 6.11. The lowest BCUT2D eigenvalue weighted by Crippen LogP contribution is -2.31. The van der Waals surface area contributed by atoms with Crippen molar-refractivity contribution in [3.05, 3.63) is 23.8 Å². The van der Waals surface area contributed by atoms with E-state index in [2.05, 4.69) is 24.4 Å². The Labute approximate surface area is 72.5 Å². The number of anilines is 1. The first-order chi connectivity index (χ1) is 5.57. The van der Waals surface area contributed by atoms with Crippen molar-refractivity contribution in [2.75, 3.05) is 5.32 Å². The number of hydrogen-bond acceptors (Lipinski definition) is 2. The first-order valence-corrected chi connectivity index (χ1v) is 4.15. The van der Waals surface area contributed by atoms with Crippen LogP contribution < -0.4 is 10.1 Å². The van der Waals surface area contributed by atoms with Gasteiger partial charge in [-0.1, -0.05) is 6.07 Å². The first kappa shape index (κ1) is 7.47. The van der Waals surface area contributed by atoms with Gasteiger partial charge in [0.05, 0.1) is 5.69 Å². The minimum absolute atomic E-state index is 0.254. The molecule has 0 fully saturated rings. The second kappa shape index (κ2) is 2.16. The fourth-order valence-corrected chi connectivity index (χ4v) is 1.46. The van der Waals surface area contributed by atoms with Gasteiger partial charge in [0.15, 0.2) is 5.72 Å². The summed E-state index contributed by atoms with van der Waals surface area (Å²) in [6.07, 6.45) is 0. The Morgan fingerprint density at radius 3 is 2.83 bits per heavy atom. The van der Waals surface area contributed by atoms with Crippen molar-refractivity contribution in [1.29, 1.82) is 0 Å². The van der Waals surface area contributed by atoms with Crippen LogP contribution in [0.1, 0.15) is 19.4 Å². The predicted octanol–water partition coefficient (Wildman–Crippen LogP) is 2.54. The summed E-state index contributed by atoms with van der Waals surface area (Å²) < 4.78 is 5.64. The maximum atomic E-state index is 5.64. The molecule has 2 heteroatoms. The fraction of sp³-hybridized carbons (Fsp3) is 0.400. The molecule has 0 saturated heterocycles.